The molecule has 4 heteroatoms. The number of nitrogens with two attached hydrogens (primary N) is 1. The van der Waals surface area contributed by atoms with Gasteiger partial charge in [0.05, 0.1) is 6.42 Å². The molecular weight excluding hydrogens is 284 g/mol. The predicted octanol–water partition coefficient (Wildman–Crippen LogP) is 3.71. The molecule has 118 valence electrons. The Labute approximate surface area is 134 Å². The molecule has 0 aliphatic heterocycles. The van der Waals surface area contributed by atoms with E-state index in [2.05, 4.69) is 12.2 Å². The molecule has 3 nitrogen and oxygen atoms in total. The lowest BCUT2D eigenvalue weighted by Gasteiger charge is -2.21. The number of nitrogen functional groups attached to an aromatic ring is 1. The highest BCUT2D eigenvalue weighted by Gasteiger charge is 2.27. The second-order valence-electron chi connectivity index (χ2n) is 5.93. The summed E-state index contributed by atoms with van der Waals surface area (Å²) in [6.45, 7) is 2.23. The normalized spacial score (nSPS) is 20.8. The monoisotopic (exact) mass is 310 g/mol. The standard InChI is InChI=1S/C17H26N2O.ClH/c1-2-3-5-14-6-4-7-16(14)19-17(20)12-13-8-10-15(18)11-9-13;/h8-11,14,16H,2-7,12,18H2,1H3,(H,19,20);1H. The predicted molar refractivity (Wildman–Crippen MR) is 90.6 cm³/mol. The Morgan fingerprint density at radius 1 is 1.29 bits per heavy atom. The molecule has 1 aromatic carbocycles. The lowest BCUT2D eigenvalue weighted by atomic mass is 9.96. The van der Waals surface area contributed by atoms with E-state index >= 15 is 0 Å². The van der Waals surface area contributed by atoms with Crippen LogP contribution in [0.15, 0.2) is 24.3 Å². The zero-order valence-electron chi connectivity index (χ0n) is 12.8. The van der Waals surface area contributed by atoms with E-state index in [1.54, 1.807) is 0 Å². The zero-order chi connectivity index (χ0) is 14.4. The van der Waals surface area contributed by atoms with Crippen LogP contribution >= 0.6 is 12.4 Å². The van der Waals surface area contributed by atoms with Crippen molar-refractivity contribution in [3.8, 4) is 0 Å². The van der Waals surface area contributed by atoms with Gasteiger partial charge in [-0.2, -0.15) is 0 Å². The first kappa shape index (κ1) is 17.8. The topological polar surface area (TPSA) is 55.1 Å². The summed E-state index contributed by atoms with van der Waals surface area (Å²) >= 11 is 0. The van der Waals surface area contributed by atoms with Gasteiger partial charge in [-0.15, -0.1) is 12.4 Å². The third kappa shape index (κ3) is 5.58. The number of carbonyl (C=O) groups excluding carboxylic acids is 1. The van der Waals surface area contributed by atoms with Crippen LogP contribution in [0, 0.1) is 5.92 Å². The Balaban J connectivity index is 0.00000220. The molecule has 0 spiro atoms. The number of unbranched alkanes of at least 4 members (excludes halogenated alkanes) is 1. The Bertz CT molecular complexity index is 433. The summed E-state index contributed by atoms with van der Waals surface area (Å²) in [4.78, 5) is 12.1. The van der Waals surface area contributed by atoms with Crippen LogP contribution in [-0.4, -0.2) is 11.9 Å². The van der Waals surface area contributed by atoms with Crippen LogP contribution in [0.4, 0.5) is 5.69 Å². The van der Waals surface area contributed by atoms with Gasteiger partial charge in [0.15, 0.2) is 0 Å². The minimum absolute atomic E-state index is 0. The second-order valence-corrected chi connectivity index (χ2v) is 5.93. The van der Waals surface area contributed by atoms with Crippen LogP contribution in [0.2, 0.25) is 0 Å². The summed E-state index contributed by atoms with van der Waals surface area (Å²) in [5.41, 5.74) is 7.42. The number of hydrogen-bond donors (Lipinski definition) is 2. The number of carbonyl (C=O) groups is 1. The Kier molecular flexibility index (Phi) is 7.58. The van der Waals surface area contributed by atoms with Crippen molar-refractivity contribution < 1.29 is 4.79 Å². The molecule has 21 heavy (non-hydrogen) atoms. The fourth-order valence-corrected chi connectivity index (χ4v) is 3.12. The van der Waals surface area contributed by atoms with E-state index in [0.29, 0.717) is 18.4 Å². The van der Waals surface area contributed by atoms with Crippen LogP contribution in [0.25, 0.3) is 0 Å². The van der Waals surface area contributed by atoms with Crippen molar-refractivity contribution in [1.29, 1.82) is 0 Å². The molecule has 0 heterocycles. The van der Waals surface area contributed by atoms with Gasteiger partial charge in [0.1, 0.15) is 0 Å². The van der Waals surface area contributed by atoms with Gasteiger partial charge >= 0.3 is 0 Å². The van der Waals surface area contributed by atoms with E-state index in [0.717, 1.165) is 17.7 Å². The van der Waals surface area contributed by atoms with Crippen molar-refractivity contribution in [2.45, 2.75) is 57.9 Å². The van der Waals surface area contributed by atoms with E-state index in [9.17, 15) is 4.79 Å². The summed E-state index contributed by atoms with van der Waals surface area (Å²) in [6.07, 6.45) is 7.88. The maximum absolute atomic E-state index is 12.1. The van der Waals surface area contributed by atoms with Gasteiger partial charge < -0.3 is 11.1 Å². The number of hydrogen-bond acceptors (Lipinski definition) is 2. The average Bonchev–Trinajstić information content (AvgIpc) is 2.86. The molecule has 3 N–H and O–H groups in total. The first-order valence-electron chi connectivity index (χ1n) is 7.83. The van der Waals surface area contributed by atoms with Gasteiger partial charge in [-0.3, -0.25) is 4.79 Å². The summed E-state index contributed by atoms with van der Waals surface area (Å²) in [5, 5.41) is 3.23. The van der Waals surface area contributed by atoms with Gasteiger partial charge in [0.25, 0.3) is 0 Å². The first-order chi connectivity index (χ1) is 9.69. The molecule has 1 saturated carbocycles. The summed E-state index contributed by atoms with van der Waals surface area (Å²) in [6, 6.07) is 7.95. The van der Waals surface area contributed by atoms with Crippen LogP contribution in [0.5, 0.6) is 0 Å². The molecule has 0 aromatic heterocycles. The van der Waals surface area contributed by atoms with Gasteiger partial charge in [0.2, 0.25) is 5.91 Å². The molecular formula is C17H27ClN2O. The molecule has 1 aliphatic carbocycles. The molecule has 1 amide bonds. The molecule has 0 bridgehead atoms. The third-order valence-electron chi connectivity index (χ3n) is 4.28. The highest BCUT2D eigenvalue weighted by atomic mass is 35.5. The first-order valence-corrected chi connectivity index (χ1v) is 7.83. The van der Waals surface area contributed by atoms with Crippen molar-refractivity contribution in [2.75, 3.05) is 5.73 Å². The summed E-state index contributed by atoms with van der Waals surface area (Å²) in [5.74, 6) is 0.827. The molecule has 2 rings (SSSR count). The molecule has 1 aliphatic rings. The number of halogens is 1. The highest BCUT2D eigenvalue weighted by molar-refractivity contribution is 5.85. The minimum atomic E-state index is 0. The molecule has 1 aromatic rings. The zero-order valence-corrected chi connectivity index (χ0v) is 13.6. The molecule has 0 saturated heterocycles. The summed E-state index contributed by atoms with van der Waals surface area (Å²) < 4.78 is 0. The second kappa shape index (κ2) is 8.93. The molecule has 2 atom stereocenters. The van der Waals surface area contributed by atoms with E-state index in [1.165, 1.54) is 32.1 Å². The van der Waals surface area contributed by atoms with Crippen molar-refractivity contribution in [3.63, 3.8) is 0 Å². The average molecular weight is 311 g/mol. The van der Waals surface area contributed by atoms with Crippen molar-refractivity contribution in [2.24, 2.45) is 5.92 Å². The molecule has 1 fully saturated rings. The Hall–Kier alpha value is -1.22. The maximum atomic E-state index is 12.1. The molecule has 2 unspecified atom stereocenters. The fourth-order valence-electron chi connectivity index (χ4n) is 3.12. The lowest BCUT2D eigenvalue weighted by Crippen LogP contribution is -2.38. The van der Waals surface area contributed by atoms with Crippen LogP contribution in [-0.2, 0) is 11.2 Å². The number of anilines is 1. The maximum Gasteiger partial charge on any atom is 0.224 e. The van der Waals surface area contributed by atoms with E-state index in [4.69, 9.17) is 5.73 Å². The van der Waals surface area contributed by atoms with E-state index in [1.807, 2.05) is 24.3 Å². The van der Waals surface area contributed by atoms with Crippen LogP contribution < -0.4 is 11.1 Å². The van der Waals surface area contributed by atoms with Gasteiger partial charge in [-0.1, -0.05) is 38.3 Å². The van der Waals surface area contributed by atoms with Crippen molar-refractivity contribution in [1.82, 2.24) is 5.32 Å². The van der Waals surface area contributed by atoms with E-state index in [-0.39, 0.29) is 18.3 Å². The van der Waals surface area contributed by atoms with Gasteiger partial charge in [0, 0.05) is 11.7 Å². The SMILES string of the molecule is CCCCC1CCCC1NC(=O)Cc1ccc(N)cc1.Cl. The quantitative estimate of drug-likeness (QED) is 0.787. The lowest BCUT2D eigenvalue weighted by molar-refractivity contribution is -0.121. The van der Waals surface area contributed by atoms with Crippen LogP contribution in [0.1, 0.15) is 51.0 Å². The highest BCUT2D eigenvalue weighted by Crippen LogP contribution is 2.29. The smallest absolute Gasteiger partial charge is 0.224 e. The van der Waals surface area contributed by atoms with Gasteiger partial charge in [-0.25, -0.2) is 0 Å². The number of rotatable bonds is 6. The summed E-state index contributed by atoms with van der Waals surface area (Å²) in [7, 11) is 0. The fraction of sp³-hybridized carbons (Fsp3) is 0.588. The Morgan fingerprint density at radius 2 is 2.00 bits per heavy atom. The third-order valence-corrected chi connectivity index (χ3v) is 4.28. The Morgan fingerprint density at radius 3 is 2.67 bits per heavy atom. The van der Waals surface area contributed by atoms with Crippen molar-refractivity contribution in [3.05, 3.63) is 29.8 Å². The largest absolute Gasteiger partial charge is 0.399 e. The number of amides is 1. The molecule has 0 radical (unpaired) electrons. The minimum Gasteiger partial charge on any atom is -0.399 e. The van der Waals surface area contributed by atoms with Crippen LogP contribution in [0.3, 0.4) is 0 Å². The number of benzene rings is 1. The van der Waals surface area contributed by atoms with E-state index < -0.39 is 0 Å². The number of nitrogens with one attached hydrogen (secondary N) is 1. The van der Waals surface area contributed by atoms with Gasteiger partial charge in [-0.05, 0) is 42.9 Å². The van der Waals surface area contributed by atoms with Crippen molar-refractivity contribution >= 4 is 24.0 Å².